The zero-order chi connectivity index (χ0) is 13.4. The molecule has 0 unspecified atom stereocenters. The van der Waals surface area contributed by atoms with E-state index in [1.165, 1.54) is 0 Å². The minimum Gasteiger partial charge on any atom is -0.261 e. The standard InChI is InChI=1S/C10H5ClN6O2/c11-9-8(17(18)19)5-13-10(15-9)6-3-14-16-2-1-12-4-7(6)16/h1-5H. The van der Waals surface area contributed by atoms with Gasteiger partial charge < -0.3 is 0 Å². The van der Waals surface area contributed by atoms with Gasteiger partial charge >= 0.3 is 5.69 Å². The molecule has 0 aromatic carbocycles. The van der Waals surface area contributed by atoms with Crippen molar-refractivity contribution in [2.45, 2.75) is 0 Å². The molecule has 0 aliphatic heterocycles. The van der Waals surface area contributed by atoms with Crippen LogP contribution in [0.4, 0.5) is 5.69 Å². The molecule has 0 saturated carbocycles. The molecule has 0 aliphatic rings. The summed E-state index contributed by atoms with van der Waals surface area (Å²) in [4.78, 5) is 21.8. The Bertz CT molecular complexity index is 787. The van der Waals surface area contributed by atoms with Gasteiger partial charge in [-0.25, -0.2) is 14.5 Å². The van der Waals surface area contributed by atoms with E-state index in [1.807, 2.05) is 0 Å². The normalized spacial score (nSPS) is 10.8. The van der Waals surface area contributed by atoms with E-state index in [4.69, 9.17) is 11.6 Å². The SMILES string of the molecule is O=[N+]([O-])c1cnc(-c2cnn3ccncc23)nc1Cl. The average molecular weight is 277 g/mol. The highest BCUT2D eigenvalue weighted by atomic mass is 35.5. The van der Waals surface area contributed by atoms with Crippen molar-refractivity contribution >= 4 is 22.8 Å². The van der Waals surface area contributed by atoms with Gasteiger partial charge in [0, 0.05) is 12.4 Å². The minimum atomic E-state index is -0.635. The largest absolute Gasteiger partial charge is 0.324 e. The first kappa shape index (κ1) is 11.5. The van der Waals surface area contributed by atoms with Gasteiger partial charge in [0.05, 0.1) is 28.4 Å². The van der Waals surface area contributed by atoms with Gasteiger partial charge in [0.25, 0.3) is 0 Å². The van der Waals surface area contributed by atoms with Crippen LogP contribution in [0.25, 0.3) is 16.9 Å². The predicted molar refractivity (Wildman–Crippen MR) is 65.7 cm³/mol. The fourth-order valence-electron chi connectivity index (χ4n) is 1.61. The molecule has 94 valence electrons. The monoisotopic (exact) mass is 276 g/mol. The van der Waals surface area contributed by atoms with Gasteiger partial charge in [-0.1, -0.05) is 11.6 Å². The Morgan fingerprint density at radius 1 is 1.32 bits per heavy atom. The summed E-state index contributed by atoms with van der Waals surface area (Å²) in [5, 5.41) is 14.5. The van der Waals surface area contributed by atoms with Crippen LogP contribution in [0.3, 0.4) is 0 Å². The highest BCUT2D eigenvalue weighted by Gasteiger charge is 2.17. The number of hydrogen-bond donors (Lipinski definition) is 0. The van der Waals surface area contributed by atoms with Crippen LogP contribution in [0.2, 0.25) is 5.15 Å². The third-order valence-electron chi connectivity index (χ3n) is 2.49. The first-order chi connectivity index (χ1) is 9.16. The topological polar surface area (TPSA) is 99.1 Å². The average Bonchev–Trinajstić information content (AvgIpc) is 2.82. The molecule has 3 rings (SSSR count). The van der Waals surface area contributed by atoms with Gasteiger partial charge in [0.2, 0.25) is 5.15 Å². The van der Waals surface area contributed by atoms with E-state index in [2.05, 4.69) is 20.1 Å². The van der Waals surface area contributed by atoms with Crippen LogP contribution >= 0.6 is 11.6 Å². The van der Waals surface area contributed by atoms with Crippen molar-refractivity contribution in [2.75, 3.05) is 0 Å². The van der Waals surface area contributed by atoms with E-state index in [9.17, 15) is 10.1 Å². The molecular formula is C10H5ClN6O2. The highest BCUT2D eigenvalue weighted by molar-refractivity contribution is 6.31. The molecule has 0 amide bonds. The lowest BCUT2D eigenvalue weighted by Crippen LogP contribution is -1.96. The molecule has 3 heterocycles. The molecule has 19 heavy (non-hydrogen) atoms. The van der Waals surface area contributed by atoms with Crippen LogP contribution in [0.15, 0.2) is 31.0 Å². The molecule has 8 nitrogen and oxygen atoms in total. The Hall–Kier alpha value is -2.61. The molecule has 9 heteroatoms. The summed E-state index contributed by atoms with van der Waals surface area (Å²) in [5.74, 6) is 0.263. The maximum Gasteiger partial charge on any atom is 0.324 e. The lowest BCUT2D eigenvalue weighted by Gasteiger charge is -1.99. The third-order valence-corrected chi connectivity index (χ3v) is 2.77. The van der Waals surface area contributed by atoms with Crippen molar-refractivity contribution in [1.29, 1.82) is 0 Å². The summed E-state index contributed by atoms with van der Waals surface area (Å²) in [6.45, 7) is 0. The van der Waals surface area contributed by atoms with E-state index in [0.29, 0.717) is 11.1 Å². The van der Waals surface area contributed by atoms with Gasteiger partial charge in [-0.3, -0.25) is 15.1 Å². The van der Waals surface area contributed by atoms with Crippen molar-refractivity contribution in [1.82, 2.24) is 24.6 Å². The molecule has 0 N–H and O–H groups in total. The maximum atomic E-state index is 10.6. The molecule has 0 bridgehead atoms. The predicted octanol–water partition coefficient (Wildman–Crippen LogP) is 1.75. The molecule has 0 saturated heterocycles. The molecule has 0 atom stereocenters. The van der Waals surface area contributed by atoms with Gasteiger partial charge in [0.15, 0.2) is 5.82 Å². The van der Waals surface area contributed by atoms with Crippen LogP contribution in [0.5, 0.6) is 0 Å². The second-order valence-electron chi connectivity index (χ2n) is 3.59. The smallest absolute Gasteiger partial charge is 0.261 e. The third kappa shape index (κ3) is 1.87. The van der Waals surface area contributed by atoms with Gasteiger partial charge in [-0.2, -0.15) is 5.10 Å². The molecule has 0 radical (unpaired) electrons. The summed E-state index contributed by atoms with van der Waals surface area (Å²) >= 11 is 5.76. The Morgan fingerprint density at radius 3 is 2.89 bits per heavy atom. The minimum absolute atomic E-state index is 0.210. The molecule has 0 fully saturated rings. The van der Waals surface area contributed by atoms with Crippen LogP contribution in [0, 0.1) is 10.1 Å². The quantitative estimate of drug-likeness (QED) is 0.402. The first-order valence-corrected chi connectivity index (χ1v) is 5.49. The zero-order valence-electron chi connectivity index (χ0n) is 9.26. The number of rotatable bonds is 2. The van der Waals surface area contributed by atoms with E-state index < -0.39 is 4.92 Å². The fraction of sp³-hybridized carbons (Fsp3) is 0. The van der Waals surface area contributed by atoms with Crippen molar-refractivity contribution in [3.8, 4) is 11.4 Å². The number of nitrogens with zero attached hydrogens (tertiary/aromatic N) is 6. The van der Waals surface area contributed by atoms with E-state index >= 15 is 0 Å². The maximum absolute atomic E-state index is 10.6. The van der Waals surface area contributed by atoms with E-state index in [1.54, 1.807) is 29.3 Å². The summed E-state index contributed by atoms with van der Waals surface area (Å²) in [7, 11) is 0. The first-order valence-electron chi connectivity index (χ1n) is 5.11. The fourth-order valence-corrected chi connectivity index (χ4v) is 1.81. The number of hydrogen-bond acceptors (Lipinski definition) is 6. The second kappa shape index (κ2) is 4.25. The van der Waals surface area contributed by atoms with Crippen LogP contribution in [-0.2, 0) is 0 Å². The van der Waals surface area contributed by atoms with Crippen molar-refractivity contribution in [3.05, 3.63) is 46.3 Å². The molecule has 3 aromatic heterocycles. The Morgan fingerprint density at radius 2 is 2.16 bits per heavy atom. The Balaban J connectivity index is 2.17. The van der Waals surface area contributed by atoms with Crippen molar-refractivity contribution in [3.63, 3.8) is 0 Å². The molecule has 3 aromatic rings. The van der Waals surface area contributed by atoms with Gasteiger partial charge in [0.1, 0.15) is 6.20 Å². The molecule has 0 aliphatic carbocycles. The van der Waals surface area contributed by atoms with Crippen molar-refractivity contribution in [2.24, 2.45) is 0 Å². The van der Waals surface area contributed by atoms with Crippen LogP contribution < -0.4 is 0 Å². The Labute approximate surface area is 110 Å². The number of aromatic nitrogens is 5. The van der Waals surface area contributed by atoms with E-state index in [0.717, 1.165) is 6.20 Å². The zero-order valence-corrected chi connectivity index (χ0v) is 10.0. The summed E-state index contributed by atoms with van der Waals surface area (Å²) in [5.41, 5.74) is 0.956. The van der Waals surface area contributed by atoms with Crippen LogP contribution in [-0.4, -0.2) is 29.5 Å². The Kier molecular flexibility index (Phi) is 2.57. The molecular weight excluding hydrogens is 272 g/mol. The summed E-state index contributed by atoms with van der Waals surface area (Å²) in [6.07, 6.45) is 7.49. The second-order valence-corrected chi connectivity index (χ2v) is 3.95. The number of halogens is 1. The van der Waals surface area contributed by atoms with Crippen molar-refractivity contribution < 1.29 is 4.92 Å². The van der Waals surface area contributed by atoms with Gasteiger partial charge in [-0.05, 0) is 0 Å². The summed E-state index contributed by atoms with van der Waals surface area (Å²) < 4.78 is 1.60. The lowest BCUT2D eigenvalue weighted by molar-refractivity contribution is -0.385. The highest BCUT2D eigenvalue weighted by Crippen LogP contribution is 2.26. The van der Waals surface area contributed by atoms with Crippen LogP contribution in [0.1, 0.15) is 0 Å². The lowest BCUT2D eigenvalue weighted by atomic mass is 10.3. The molecule has 0 spiro atoms. The van der Waals surface area contributed by atoms with Gasteiger partial charge in [-0.15, -0.1) is 0 Å². The number of fused-ring (bicyclic) bond motifs is 1. The number of nitro groups is 1. The van der Waals surface area contributed by atoms with E-state index in [-0.39, 0.29) is 16.7 Å². The summed E-state index contributed by atoms with van der Waals surface area (Å²) in [6, 6.07) is 0.